The highest BCUT2D eigenvalue weighted by Crippen LogP contribution is 2.33. The number of fused-ring (bicyclic) bond motifs is 1. The number of rotatable bonds is 6. The van der Waals surface area contributed by atoms with Gasteiger partial charge < -0.3 is 15.0 Å². The molecule has 5 nitrogen and oxygen atoms in total. The lowest BCUT2D eigenvalue weighted by atomic mass is 10.1. The van der Waals surface area contributed by atoms with Crippen LogP contribution in [0.4, 0.5) is 11.4 Å². The van der Waals surface area contributed by atoms with Crippen molar-refractivity contribution in [3.05, 3.63) is 101 Å². The van der Waals surface area contributed by atoms with Crippen LogP contribution in [0.25, 0.3) is 10.8 Å². The molecule has 0 saturated heterocycles. The van der Waals surface area contributed by atoms with Crippen LogP contribution >= 0.6 is 15.9 Å². The molecule has 0 aromatic heterocycles. The van der Waals surface area contributed by atoms with E-state index < -0.39 is 0 Å². The highest BCUT2D eigenvalue weighted by atomic mass is 79.9. The summed E-state index contributed by atoms with van der Waals surface area (Å²) in [7, 11) is 1.73. The Morgan fingerprint density at radius 1 is 0.875 bits per heavy atom. The number of halogens is 1. The fraction of sp³-hybridized carbons (Fsp3) is 0.0769. The highest BCUT2D eigenvalue weighted by Gasteiger charge is 2.14. The largest absolute Gasteiger partial charge is 0.483 e. The number of anilines is 2. The summed E-state index contributed by atoms with van der Waals surface area (Å²) in [6.45, 7) is -0.131. The van der Waals surface area contributed by atoms with Crippen molar-refractivity contribution in [3.8, 4) is 5.75 Å². The number of nitrogens with zero attached hydrogens (tertiary/aromatic N) is 1. The monoisotopic (exact) mass is 488 g/mol. The second-order valence-corrected chi connectivity index (χ2v) is 8.01. The standard InChI is InChI=1S/C26H21BrN2O3/c1-29(21-8-3-2-4-9-21)26(31)19-11-14-20(15-12-19)28-24(30)17-32-23-16-13-18-7-5-6-10-22(18)25(23)27/h2-16H,17H2,1H3,(H,28,30). The summed E-state index contributed by atoms with van der Waals surface area (Å²) in [5.41, 5.74) is 1.94. The number of benzene rings is 4. The molecule has 1 N–H and O–H groups in total. The minimum Gasteiger partial charge on any atom is -0.483 e. The summed E-state index contributed by atoms with van der Waals surface area (Å²) in [6, 6.07) is 27.9. The van der Waals surface area contributed by atoms with E-state index in [0.29, 0.717) is 17.0 Å². The Bertz CT molecular complexity index is 1260. The van der Waals surface area contributed by atoms with Gasteiger partial charge in [-0.1, -0.05) is 48.5 Å². The smallest absolute Gasteiger partial charge is 0.262 e. The maximum Gasteiger partial charge on any atom is 0.262 e. The van der Waals surface area contributed by atoms with Gasteiger partial charge in [0.05, 0.1) is 4.47 Å². The van der Waals surface area contributed by atoms with E-state index in [0.717, 1.165) is 20.9 Å². The first kappa shape index (κ1) is 21.6. The number of nitrogens with one attached hydrogen (secondary N) is 1. The number of carbonyl (C=O) groups is 2. The van der Waals surface area contributed by atoms with E-state index in [1.807, 2.05) is 66.7 Å². The first-order valence-electron chi connectivity index (χ1n) is 10.1. The molecule has 4 aromatic rings. The van der Waals surface area contributed by atoms with Crippen LogP contribution in [0, 0.1) is 0 Å². The molecule has 2 amide bonds. The normalized spacial score (nSPS) is 10.6. The number of amides is 2. The summed E-state index contributed by atoms with van der Waals surface area (Å²) in [6.07, 6.45) is 0. The fourth-order valence-corrected chi connectivity index (χ4v) is 3.93. The van der Waals surface area contributed by atoms with Crippen LogP contribution < -0.4 is 15.0 Å². The van der Waals surface area contributed by atoms with Gasteiger partial charge in [-0.25, -0.2) is 0 Å². The van der Waals surface area contributed by atoms with Gasteiger partial charge in [-0.2, -0.15) is 0 Å². The summed E-state index contributed by atoms with van der Waals surface area (Å²) in [5, 5.41) is 4.90. The predicted octanol–water partition coefficient (Wildman–Crippen LogP) is 5.90. The summed E-state index contributed by atoms with van der Waals surface area (Å²) in [5.74, 6) is 0.188. The van der Waals surface area contributed by atoms with Gasteiger partial charge in [-0.3, -0.25) is 9.59 Å². The summed E-state index contributed by atoms with van der Waals surface area (Å²) < 4.78 is 6.52. The van der Waals surface area contributed by atoms with Gasteiger partial charge in [0.15, 0.2) is 6.61 Å². The van der Waals surface area contributed by atoms with Gasteiger partial charge in [-0.05, 0) is 69.2 Å². The zero-order chi connectivity index (χ0) is 22.5. The summed E-state index contributed by atoms with van der Waals surface area (Å²) >= 11 is 3.56. The molecule has 0 aliphatic carbocycles. The topological polar surface area (TPSA) is 58.6 Å². The van der Waals surface area contributed by atoms with Crippen LogP contribution in [0.15, 0.2) is 95.5 Å². The molecule has 4 aromatic carbocycles. The van der Waals surface area contributed by atoms with Gasteiger partial charge in [0.2, 0.25) is 0 Å². The Labute approximate surface area is 194 Å². The lowest BCUT2D eigenvalue weighted by Crippen LogP contribution is -2.26. The van der Waals surface area contributed by atoms with Gasteiger partial charge in [0.25, 0.3) is 11.8 Å². The Morgan fingerprint density at radius 2 is 1.56 bits per heavy atom. The van der Waals surface area contributed by atoms with Crippen LogP contribution in [0.3, 0.4) is 0 Å². The third kappa shape index (κ3) is 4.81. The second kappa shape index (κ2) is 9.66. The Balaban J connectivity index is 1.36. The Morgan fingerprint density at radius 3 is 2.31 bits per heavy atom. The molecule has 0 fully saturated rings. The van der Waals surface area contributed by atoms with E-state index in [1.54, 1.807) is 36.2 Å². The van der Waals surface area contributed by atoms with Crippen molar-refractivity contribution >= 4 is 49.9 Å². The van der Waals surface area contributed by atoms with Crippen molar-refractivity contribution in [2.24, 2.45) is 0 Å². The molecular weight excluding hydrogens is 468 g/mol. The predicted molar refractivity (Wildman–Crippen MR) is 131 cm³/mol. The van der Waals surface area contributed by atoms with E-state index in [9.17, 15) is 9.59 Å². The molecule has 0 saturated carbocycles. The number of para-hydroxylation sites is 1. The third-order valence-corrected chi connectivity index (χ3v) is 5.87. The molecule has 4 rings (SSSR count). The van der Waals surface area contributed by atoms with Gasteiger partial charge >= 0.3 is 0 Å². The Kier molecular flexibility index (Phi) is 6.52. The van der Waals surface area contributed by atoms with Crippen molar-refractivity contribution in [1.82, 2.24) is 0 Å². The van der Waals surface area contributed by atoms with Gasteiger partial charge in [0, 0.05) is 24.0 Å². The molecule has 0 aliphatic rings. The molecule has 0 atom stereocenters. The zero-order valence-corrected chi connectivity index (χ0v) is 19.0. The molecular formula is C26H21BrN2O3. The lowest BCUT2D eigenvalue weighted by Gasteiger charge is -2.17. The average Bonchev–Trinajstić information content (AvgIpc) is 2.84. The second-order valence-electron chi connectivity index (χ2n) is 7.21. The lowest BCUT2D eigenvalue weighted by molar-refractivity contribution is -0.118. The van der Waals surface area contributed by atoms with Crippen LogP contribution in [0.1, 0.15) is 10.4 Å². The number of hydrogen-bond donors (Lipinski definition) is 1. The molecule has 0 bridgehead atoms. The molecule has 0 heterocycles. The van der Waals surface area contributed by atoms with Gasteiger partial charge in [0.1, 0.15) is 5.75 Å². The van der Waals surface area contributed by atoms with Crippen molar-refractivity contribution in [1.29, 1.82) is 0 Å². The minimum absolute atomic E-state index is 0.126. The zero-order valence-electron chi connectivity index (χ0n) is 17.4. The average molecular weight is 489 g/mol. The quantitative estimate of drug-likeness (QED) is 0.367. The molecule has 0 spiro atoms. The maximum absolute atomic E-state index is 12.7. The Hall–Kier alpha value is -3.64. The van der Waals surface area contributed by atoms with Gasteiger partial charge in [-0.15, -0.1) is 0 Å². The van der Waals surface area contributed by atoms with Crippen LogP contribution in [-0.2, 0) is 4.79 Å². The first-order chi connectivity index (χ1) is 15.5. The molecule has 6 heteroatoms. The minimum atomic E-state index is -0.287. The molecule has 0 radical (unpaired) electrons. The van der Waals surface area contributed by atoms with Crippen molar-refractivity contribution in [2.75, 3.05) is 23.9 Å². The van der Waals surface area contributed by atoms with E-state index in [4.69, 9.17) is 4.74 Å². The number of carbonyl (C=O) groups excluding carboxylic acids is 2. The molecule has 0 aliphatic heterocycles. The van der Waals surface area contributed by atoms with E-state index in [2.05, 4.69) is 21.2 Å². The maximum atomic E-state index is 12.7. The number of ether oxygens (including phenoxy) is 1. The molecule has 160 valence electrons. The SMILES string of the molecule is CN(C(=O)c1ccc(NC(=O)COc2ccc3ccccc3c2Br)cc1)c1ccccc1. The summed E-state index contributed by atoms with van der Waals surface area (Å²) in [4.78, 5) is 26.6. The van der Waals surface area contributed by atoms with Crippen LogP contribution in [-0.4, -0.2) is 25.5 Å². The van der Waals surface area contributed by atoms with Crippen molar-refractivity contribution in [2.45, 2.75) is 0 Å². The van der Waals surface area contributed by atoms with Crippen LogP contribution in [0.5, 0.6) is 5.75 Å². The third-order valence-electron chi connectivity index (χ3n) is 5.05. The molecule has 0 unspecified atom stereocenters. The van der Waals surface area contributed by atoms with Crippen LogP contribution in [0.2, 0.25) is 0 Å². The fourth-order valence-electron chi connectivity index (χ4n) is 3.32. The first-order valence-corrected chi connectivity index (χ1v) is 10.9. The highest BCUT2D eigenvalue weighted by molar-refractivity contribution is 9.10. The van der Waals surface area contributed by atoms with E-state index >= 15 is 0 Å². The van der Waals surface area contributed by atoms with Crippen molar-refractivity contribution in [3.63, 3.8) is 0 Å². The van der Waals surface area contributed by atoms with E-state index in [1.165, 1.54) is 0 Å². The molecule has 32 heavy (non-hydrogen) atoms. The van der Waals surface area contributed by atoms with Crippen molar-refractivity contribution < 1.29 is 14.3 Å². The number of hydrogen-bond acceptors (Lipinski definition) is 3. The van der Waals surface area contributed by atoms with E-state index in [-0.39, 0.29) is 18.4 Å².